The topological polar surface area (TPSA) is 50.3 Å². The van der Waals surface area contributed by atoms with Crippen LogP contribution in [-0.2, 0) is 4.74 Å². The van der Waals surface area contributed by atoms with E-state index in [2.05, 4.69) is 27.3 Å². The molecule has 172 valence electrons. The highest BCUT2D eigenvalue weighted by molar-refractivity contribution is 5.60. The molecule has 2 aromatic rings. The summed E-state index contributed by atoms with van der Waals surface area (Å²) in [6.07, 6.45) is 4.51. The molecule has 3 aliphatic rings. The Hall–Kier alpha value is -2.19. The predicted octanol–water partition coefficient (Wildman–Crippen LogP) is 4.50. The fraction of sp³-hybridized carbons (Fsp3) is 0.583. The Morgan fingerprint density at radius 1 is 1.03 bits per heavy atom. The van der Waals surface area contributed by atoms with E-state index >= 15 is 0 Å². The zero-order valence-electron chi connectivity index (χ0n) is 18.2. The fourth-order valence-corrected chi connectivity index (χ4v) is 5.79. The number of anilines is 1. The molecule has 2 saturated heterocycles. The highest BCUT2D eigenvalue weighted by atomic mass is 19.2. The van der Waals surface area contributed by atoms with E-state index in [9.17, 15) is 13.2 Å². The third kappa shape index (κ3) is 4.35. The lowest BCUT2D eigenvalue weighted by molar-refractivity contribution is 0.0338. The Morgan fingerprint density at radius 2 is 1.75 bits per heavy atom. The molecule has 0 spiro atoms. The predicted molar refractivity (Wildman–Crippen MR) is 116 cm³/mol. The monoisotopic (exact) mass is 446 g/mol. The van der Waals surface area contributed by atoms with E-state index in [0.717, 1.165) is 64.0 Å². The number of benzene rings is 1. The third-order valence-electron chi connectivity index (χ3n) is 7.59. The molecular formula is C24H29F3N4O. The second-order valence-corrected chi connectivity index (χ2v) is 9.53. The van der Waals surface area contributed by atoms with Crippen LogP contribution in [0.3, 0.4) is 0 Å². The summed E-state index contributed by atoms with van der Waals surface area (Å²) >= 11 is 0. The smallest absolute Gasteiger partial charge is 0.168 e. The van der Waals surface area contributed by atoms with Gasteiger partial charge in [0.2, 0.25) is 0 Å². The van der Waals surface area contributed by atoms with E-state index < -0.39 is 17.5 Å². The molecule has 1 saturated carbocycles. The minimum Gasteiger partial charge on any atom is -0.381 e. The van der Waals surface area contributed by atoms with Crippen molar-refractivity contribution < 1.29 is 17.9 Å². The summed E-state index contributed by atoms with van der Waals surface area (Å²) in [4.78, 5) is 2.67. The van der Waals surface area contributed by atoms with Gasteiger partial charge in [-0.05, 0) is 68.6 Å². The summed E-state index contributed by atoms with van der Waals surface area (Å²) in [5.74, 6) is -0.491. The average molecular weight is 447 g/mol. The maximum absolute atomic E-state index is 14.0. The van der Waals surface area contributed by atoms with Crippen molar-refractivity contribution >= 4 is 5.82 Å². The van der Waals surface area contributed by atoms with E-state index in [1.165, 1.54) is 0 Å². The molecule has 1 N–H and O–H groups in total. The van der Waals surface area contributed by atoms with Crippen LogP contribution >= 0.6 is 0 Å². The lowest BCUT2D eigenvalue weighted by atomic mass is 9.92. The van der Waals surface area contributed by atoms with Gasteiger partial charge in [-0.3, -0.25) is 4.90 Å². The highest BCUT2D eigenvalue weighted by Gasteiger charge is 2.43. The standard InChI is InChI=1S/C24H29F3N4O/c1-14(15-4-6-32-7-5-15)31-12-16-8-19(9-17(16)13-31)28-23-3-2-22(29-30-23)20-10-18(25)11-21(26)24(20)27/h2-3,10-11,14-17,19H,4-9,12-13H2,1H3,(H,28,30). The second-order valence-electron chi connectivity index (χ2n) is 9.53. The number of hydrogen-bond acceptors (Lipinski definition) is 5. The van der Waals surface area contributed by atoms with Crippen molar-refractivity contribution in [3.63, 3.8) is 0 Å². The van der Waals surface area contributed by atoms with E-state index in [1.807, 2.05) is 0 Å². The number of hydrogen-bond donors (Lipinski definition) is 1. The number of ether oxygens (including phenoxy) is 1. The molecule has 2 aliphatic heterocycles. The molecule has 32 heavy (non-hydrogen) atoms. The molecule has 3 heterocycles. The van der Waals surface area contributed by atoms with Crippen LogP contribution in [0.2, 0.25) is 0 Å². The molecular weight excluding hydrogens is 417 g/mol. The zero-order valence-corrected chi connectivity index (χ0v) is 18.2. The van der Waals surface area contributed by atoms with Crippen molar-refractivity contribution in [1.29, 1.82) is 0 Å². The number of aromatic nitrogens is 2. The van der Waals surface area contributed by atoms with E-state index in [-0.39, 0.29) is 11.3 Å². The molecule has 3 fully saturated rings. The number of fused-ring (bicyclic) bond motifs is 1. The quantitative estimate of drug-likeness (QED) is 0.686. The molecule has 1 aliphatic carbocycles. The van der Waals surface area contributed by atoms with Crippen molar-refractivity contribution in [1.82, 2.24) is 15.1 Å². The van der Waals surface area contributed by atoms with Crippen molar-refractivity contribution in [3.8, 4) is 11.3 Å². The van der Waals surface area contributed by atoms with Crippen LogP contribution in [0.25, 0.3) is 11.3 Å². The SMILES string of the molecule is CC(C1CCOCC1)N1CC2CC(Nc3ccc(-c4cc(F)cc(F)c4F)nn3)CC2C1. The molecule has 8 heteroatoms. The minimum absolute atomic E-state index is 0.104. The first-order chi connectivity index (χ1) is 15.5. The van der Waals surface area contributed by atoms with Gasteiger partial charge in [0.05, 0.1) is 5.69 Å². The number of rotatable bonds is 5. The largest absolute Gasteiger partial charge is 0.381 e. The van der Waals surface area contributed by atoms with Crippen LogP contribution < -0.4 is 5.32 Å². The van der Waals surface area contributed by atoms with Crippen LogP contribution in [0.15, 0.2) is 24.3 Å². The summed E-state index contributed by atoms with van der Waals surface area (Å²) in [7, 11) is 0. The van der Waals surface area contributed by atoms with Crippen molar-refractivity contribution in [3.05, 3.63) is 41.7 Å². The molecule has 3 atom stereocenters. The molecule has 5 nitrogen and oxygen atoms in total. The van der Waals surface area contributed by atoms with Gasteiger partial charge in [0.25, 0.3) is 0 Å². The summed E-state index contributed by atoms with van der Waals surface area (Å²) in [5, 5.41) is 11.6. The summed E-state index contributed by atoms with van der Waals surface area (Å²) in [6.45, 7) is 6.45. The number of likely N-dealkylation sites (tertiary alicyclic amines) is 1. The van der Waals surface area contributed by atoms with E-state index in [0.29, 0.717) is 35.8 Å². The van der Waals surface area contributed by atoms with Crippen LogP contribution in [0.5, 0.6) is 0 Å². The Labute approximate surface area is 186 Å². The molecule has 5 rings (SSSR count). The van der Waals surface area contributed by atoms with Gasteiger partial charge in [-0.2, -0.15) is 0 Å². The van der Waals surface area contributed by atoms with Gasteiger partial charge in [-0.25, -0.2) is 13.2 Å². The molecule has 0 bridgehead atoms. The average Bonchev–Trinajstić information content (AvgIpc) is 3.36. The van der Waals surface area contributed by atoms with Crippen LogP contribution in [0.1, 0.15) is 32.6 Å². The fourth-order valence-electron chi connectivity index (χ4n) is 5.79. The molecule has 1 aromatic heterocycles. The Kier molecular flexibility index (Phi) is 6.07. The zero-order chi connectivity index (χ0) is 22.2. The van der Waals surface area contributed by atoms with E-state index in [1.54, 1.807) is 12.1 Å². The van der Waals surface area contributed by atoms with Crippen molar-refractivity contribution in [2.75, 3.05) is 31.6 Å². The molecule has 0 amide bonds. The Bertz CT molecular complexity index is 937. The molecule has 3 unspecified atom stereocenters. The number of nitrogens with one attached hydrogen (secondary N) is 1. The van der Waals surface area contributed by atoms with Crippen LogP contribution in [-0.4, -0.2) is 53.5 Å². The Morgan fingerprint density at radius 3 is 2.41 bits per heavy atom. The highest BCUT2D eigenvalue weighted by Crippen LogP contribution is 2.41. The molecule has 0 radical (unpaired) electrons. The maximum Gasteiger partial charge on any atom is 0.168 e. The van der Waals surface area contributed by atoms with E-state index in [4.69, 9.17) is 4.74 Å². The Balaban J connectivity index is 1.17. The van der Waals surface area contributed by atoms with Crippen molar-refractivity contribution in [2.45, 2.75) is 44.7 Å². The summed E-state index contributed by atoms with van der Waals surface area (Å²) in [5.41, 5.74) is -0.122. The first-order valence-corrected chi connectivity index (χ1v) is 11.5. The summed E-state index contributed by atoms with van der Waals surface area (Å²) < 4.78 is 46.5. The lowest BCUT2D eigenvalue weighted by Gasteiger charge is -2.35. The van der Waals surface area contributed by atoms with Gasteiger partial charge in [-0.15, -0.1) is 10.2 Å². The van der Waals surface area contributed by atoms with Crippen molar-refractivity contribution in [2.24, 2.45) is 17.8 Å². The third-order valence-corrected chi connectivity index (χ3v) is 7.59. The first kappa shape index (κ1) is 21.6. The minimum atomic E-state index is -1.23. The van der Waals surface area contributed by atoms with Gasteiger partial charge in [0.1, 0.15) is 11.6 Å². The van der Waals surface area contributed by atoms with Crippen LogP contribution in [0.4, 0.5) is 19.0 Å². The van der Waals surface area contributed by atoms with Crippen LogP contribution in [0, 0.1) is 35.2 Å². The lowest BCUT2D eigenvalue weighted by Crippen LogP contribution is -2.40. The maximum atomic E-state index is 14.0. The van der Waals surface area contributed by atoms with Gasteiger partial charge in [0.15, 0.2) is 11.6 Å². The molecule has 1 aromatic carbocycles. The second kappa shape index (κ2) is 8.98. The van der Waals surface area contributed by atoms with Gasteiger partial charge < -0.3 is 10.1 Å². The summed E-state index contributed by atoms with van der Waals surface area (Å²) in [6, 6.07) is 5.62. The normalized spacial score (nSPS) is 27.4. The number of nitrogens with zero attached hydrogens (tertiary/aromatic N) is 3. The van der Waals surface area contributed by atoms with Gasteiger partial charge >= 0.3 is 0 Å². The number of halogens is 3. The van der Waals surface area contributed by atoms with Gasteiger partial charge in [0, 0.05) is 50.0 Å². The first-order valence-electron chi connectivity index (χ1n) is 11.5. The van der Waals surface area contributed by atoms with Gasteiger partial charge in [-0.1, -0.05) is 0 Å².